The Labute approximate surface area is 173 Å². The Morgan fingerprint density at radius 2 is 1.58 bits per heavy atom. The molecule has 1 atom stereocenters. The van der Waals surface area contributed by atoms with Gasteiger partial charge in [0, 0.05) is 21.2 Å². The fraction of sp³-hybridized carbons (Fsp3) is 0.188. The van der Waals surface area contributed by atoms with Crippen LogP contribution in [0.3, 0.4) is 0 Å². The van der Waals surface area contributed by atoms with Crippen molar-refractivity contribution in [3.63, 3.8) is 0 Å². The summed E-state index contributed by atoms with van der Waals surface area (Å²) in [4.78, 5) is 12.7. The van der Waals surface area contributed by atoms with Gasteiger partial charge in [-0.25, -0.2) is 0 Å². The number of thioether (sulfide) groups is 1. The maximum atomic E-state index is 12.4. The van der Waals surface area contributed by atoms with E-state index in [1.807, 2.05) is 0 Å². The Balaban J connectivity index is 2.10. The third kappa shape index (κ3) is 6.67. The zero-order chi connectivity index (χ0) is 19.3. The first kappa shape index (κ1) is 21.4. The van der Waals surface area contributed by atoms with E-state index in [-0.39, 0.29) is 0 Å². The number of halogens is 6. The lowest BCUT2D eigenvalue weighted by molar-refractivity contribution is 0.0942. The van der Waals surface area contributed by atoms with Crippen LogP contribution in [-0.4, -0.2) is 21.6 Å². The number of carbonyl (C=O) groups is 1. The molecule has 26 heavy (non-hydrogen) atoms. The van der Waals surface area contributed by atoms with Gasteiger partial charge in [-0.3, -0.25) is 4.79 Å². The summed E-state index contributed by atoms with van der Waals surface area (Å²) >= 11 is 24.0. The van der Waals surface area contributed by atoms with Gasteiger partial charge in [0.25, 0.3) is 11.7 Å². The Morgan fingerprint density at radius 1 is 1.00 bits per heavy atom. The summed E-state index contributed by atoms with van der Waals surface area (Å²) in [5, 5.41) is 5.92. The molecule has 0 radical (unpaired) electrons. The van der Waals surface area contributed by atoms with Crippen LogP contribution in [0.1, 0.15) is 10.4 Å². The third-order valence-corrected chi connectivity index (χ3v) is 4.73. The highest BCUT2D eigenvalue weighted by molar-refractivity contribution is 7.99. The second kappa shape index (κ2) is 9.33. The van der Waals surface area contributed by atoms with Crippen molar-refractivity contribution in [3.8, 4) is 0 Å². The Kier molecular flexibility index (Phi) is 7.67. The fourth-order valence-corrected chi connectivity index (χ4v) is 2.87. The Hall–Kier alpha value is -0.920. The molecule has 3 nitrogen and oxygen atoms in total. The zero-order valence-corrected chi connectivity index (χ0v) is 16.7. The van der Waals surface area contributed by atoms with Crippen molar-refractivity contribution in [2.45, 2.75) is 20.6 Å². The fourth-order valence-electron chi connectivity index (χ4n) is 1.91. The predicted molar refractivity (Wildman–Crippen MR) is 105 cm³/mol. The summed E-state index contributed by atoms with van der Waals surface area (Å²) in [5.74, 6) is -2.99. The van der Waals surface area contributed by atoms with Crippen LogP contribution in [0.15, 0.2) is 53.4 Å². The van der Waals surface area contributed by atoms with Crippen LogP contribution in [0.5, 0.6) is 0 Å². The number of benzene rings is 2. The minimum atomic E-state index is -2.51. The van der Waals surface area contributed by atoms with Gasteiger partial charge in [-0.2, -0.15) is 8.78 Å². The smallest absolute Gasteiger partial charge is 0.288 e. The number of carbonyl (C=O) groups excluding carboxylic acids is 1. The number of hydrogen-bond acceptors (Lipinski definition) is 3. The van der Waals surface area contributed by atoms with Gasteiger partial charge in [-0.1, -0.05) is 58.2 Å². The molecule has 0 heterocycles. The molecule has 0 aliphatic carbocycles. The standard InChI is InChI=1S/C16H12Cl4F2N2OS/c17-10-3-1-9(2-4-10)13(25)24-14(16(18,19)20)23-11-5-7-12(8-6-11)26-15(21)22/h1-8,14-15,23H,(H,24,25)/t14-/m0/s1. The molecule has 0 unspecified atom stereocenters. The van der Waals surface area contributed by atoms with E-state index in [0.29, 0.717) is 32.9 Å². The lowest BCUT2D eigenvalue weighted by Crippen LogP contribution is -2.49. The van der Waals surface area contributed by atoms with Gasteiger partial charge in [0.1, 0.15) is 6.17 Å². The van der Waals surface area contributed by atoms with Gasteiger partial charge >= 0.3 is 0 Å². The maximum absolute atomic E-state index is 12.4. The van der Waals surface area contributed by atoms with Crippen molar-refractivity contribution in [3.05, 3.63) is 59.1 Å². The highest BCUT2D eigenvalue weighted by Crippen LogP contribution is 2.32. The minimum absolute atomic E-state index is 0.333. The largest absolute Gasteiger partial charge is 0.362 e. The van der Waals surface area contributed by atoms with Gasteiger partial charge in [0.15, 0.2) is 0 Å². The highest BCUT2D eigenvalue weighted by atomic mass is 35.6. The molecule has 0 fully saturated rings. The maximum Gasteiger partial charge on any atom is 0.288 e. The van der Waals surface area contributed by atoms with Crippen LogP contribution in [0.2, 0.25) is 5.02 Å². The Morgan fingerprint density at radius 3 is 2.08 bits per heavy atom. The molecule has 140 valence electrons. The topological polar surface area (TPSA) is 41.1 Å². The average Bonchev–Trinajstić information content (AvgIpc) is 2.55. The summed E-state index contributed by atoms with van der Waals surface area (Å²) in [5.41, 5.74) is 0.815. The van der Waals surface area contributed by atoms with Gasteiger partial charge in [-0.05, 0) is 48.5 Å². The molecular weight excluding hydrogens is 448 g/mol. The van der Waals surface area contributed by atoms with E-state index >= 15 is 0 Å². The molecule has 0 aromatic heterocycles. The van der Waals surface area contributed by atoms with Crippen molar-refractivity contribution in [2.24, 2.45) is 0 Å². The minimum Gasteiger partial charge on any atom is -0.362 e. The number of amides is 1. The van der Waals surface area contributed by atoms with Crippen LogP contribution in [-0.2, 0) is 0 Å². The first-order valence-corrected chi connectivity index (χ1v) is 9.49. The first-order chi connectivity index (χ1) is 12.1. The molecule has 10 heteroatoms. The van der Waals surface area contributed by atoms with Crippen LogP contribution in [0, 0.1) is 0 Å². The number of nitrogens with one attached hydrogen (secondary N) is 2. The van der Waals surface area contributed by atoms with E-state index in [0.717, 1.165) is 0 Å². The SMILES string of the molecule is O=C(N[C@H](Nc1ccc(SC(F)F)cc1)C(Cl)(Cl)Cl)c1ccc(Cl)cc1. The summed E-state index contributed by atoms with van der Waals surface area (Å²) in [7, 11) is 0. The zero-order valence-electron chi connectivity index (χ0n) is 12.9. The number of alkyl halides is 5. The summed E-state index contributed by atoms with van der Waals surface area (Å²) < 4.78 is 22.8. The second-order valence-electron chi connectivity index (χ2n) is 5.00. The van der Waals surface area contributed by atoms with Gasteiger partial charge < -0.3 is 10.6 Å². The molecular formula is C16H12Cl4F2N2OS. The van der Waals surface area contributed by atoms with Crippen molar-refractivity contribution in [1.82, 2.24) is 5.32 Å². The quantitative estimate of drug-likeness (QED) is 0.307. The van der Waals surface area contributed by atoms with Crippen molar-refractivity contribution < 1.29 is 13.6 Å². The van der Waals surface area contributed by atoms with E-state index in [9.17, 15) is 13.6 Å². The molecule has 0 aliphatic heterocycles. The molecule has 0 bridgehead atoms. The molecule has 2 aromatic carbocycles. The number of anilines is 1. The molecule has 2 N–H and O–H groups in total. The van der Waals surface area contributed by atoms with E-state index in [4.69, 9.17) is 46.4 Å². The molecule has 0 saturated carbocycles. The first-order valence-electron chi connectivity index (χ1n) is 7.10. The molecule has 0 spiro atoms. The van der Waals surface area contributed by atoms with Gasteiger partial charge in [-0.15, -0.1) is 0 Å². The van der Waals surface area contributed by atoms with E-state index in [1.54, 1.807) is 24.3 Å². The van der Waals surface area contributed by atoms with Gasteiger partial charge in [0.05, 0.1) is 0 Å². The third-order valence-electron chi connectivity index (χ3n) is 3.10. The van der Waals surface area contributed by atoms with Crippen molar-refractivity contribution >= 4 is 69.8 Å². The summed E-state index contributed by atoms with van der Waals surface area (Å²) in [6, 6.07) is 12.3. The second-order valence-corrected chi connectivity index (χ2v) is 8.87. The molecule has 0 aliphatic rings. The molecule has 2 aromatic rings. The lowest BCUT2D eigenvalue weighted by Gasteiger charge is -2.27. The molecule has 1 amide bonds. The van der Waals surface area contributed by atoms with Crippen LogP contribution in [0.25, 0.3) is 0 Å². The monoisotopic (exact) mass is 458 g/mol. The van der Waals surface area contributed by atoms with Crippen LogP contribution >= 0.6 is 58.2 Å². The van der Waals surface area contributed by atoms with E-state index in [2.05, 4.69) is 10.6 Å². The molecule has 0 saturated heterocycles. The van der Waals surface area contributed by atoms with E-state index < -0.39 is 21.6 Å². The summed E-state index contributed by atoms with van der Waals surface area (Å²) in [6.45, 7) is 0. The Bertz CT molecular complexity index is 739. The molecule has 2 rings (SSSR count). The van der Waals surface area contributed by atoms with Crippen molar-refractivity contribution in [1.29, 1.82) is 0 Å². The average molecular weight is 460 g/mol. The van der Waals surface area contributed by atoms with E-state index in [1.165, 1.54) is 24.3 Å². The van der Waals surface area contributed by atoms with Crippen LogP contribution in [0.4, 0.5) is 14.5 Å². The lowest BCUT2D eigenvalue weighted by atomic mass is 10.2. The highest BCUT2D eigenvalue weighted by Gasteiger charge is 2.34. The normalized spacial score (nSPS) is 12.7. The van der Waals surface area contributed by atoms with Gasteiger partial charge in [0.2, 0.25) is 3.79 Å². The number of rotatable bonds is 6. The number of hydrogen-bond donors (Lipinski definition) is 2. The predicted octanol–water partition coefficient (Wildman–Crippen LogP) is 6.19. The van der Waals surface area contributed by atoms with Crippen molar-refractivity contribution in [2.75, 3.05) is 5.32 Å². The van der Waals surface area contributed by atoms with Crippen LogP contribution < -0.4 is 10.6 Å². The summed E-state index contributed by atoms with van der Waals surface area (Å²) in [6.07, 6.45) is -1.07.